The van der Waals surface area contributed by atoms with E-state index in [2.05, 4.69) is 5.32 Å². The number of nitrogens with one attached hydrogen (secondary N) is 1. The molecule has 0 aromatic heterocycles. The molecule has 0 aliphatic carbocycles. The summed E-state index contributed by atoms with van der Waals surface area (Å²) in [6, 6.07) is 7.92. The predicted molar refractivity (Wildman–Crippen MR) is 48.1 cm³/mol. The molecule has 0 amide bonds. The van der Waals surface area contributed by atoms with E-state index in [0.29, 0.717) is 11.8 Å². The van der Waals surface area contributed by atoms with Crippen LogP contribution >= 0.6 is 0 Å². The molecule has 0 spiro atoms. The first-order chi connectivity index (χ1) is 5.88. The number of phenols is 1. The van der Waals surface area contributed by atoms with Crippen LogP contribution in [0.15, 0.2) is 24.3 Å². The van der Waals surface area contributed by atoms with E-state index in [0.717, 1.165) is 18.5 Å². The Morgan fingerprint density at radius 3 is 2.83 bits per heavy atom. The van der Waals surface area contributed by atoms with Gasteiger partial charge in [0.15, 0.2) is 0 Å². The number of benzene rings is 1. The molecule has 0 bridgehead atoms. The fourth-order valence-electron chi connectivity index (χ4n) is 1.73. The summed E-state index contributed by atoms with van der Waals surface area (Å²) in [5, 5.41) is 12.9. The highest BCUT2D eigenvalue weighted by Gasteiger charge is 2.18. The highest BCUT2D eigenvalue weighted by atomic mass is 16.3. The molecule has 0 radical (unpaired) electrons. The van der Waals surface area contributed by atoms with Gasteiger partial charge < -0.3 is 10.4 Å². The van der Waals surface area contributed by atoms with E-state index < -0.39 is 0 Å². The minimum Gasteiger partial charge on any atom is -0.508 e. The van der Waals surface area contributed by atoms with Crippen LogP contribution in [0.2, 0.25) is 0 Å². The van der Waals surface area contributed by atoms with Gasteiger partial charge in [0.05, 0.1) is 0 Å². The summed E-state index contributed by atoms with van der Waals surface area (Å²) in [5.74, 6) is 0.414. The van der Waals surface area contributed by atoms with Crippen LogP contribution < -0.4 is 5.32 Å². The van der Waals surface area contributed by atoms with Crippen LogP contribution in [-0.4, -0.2) is 11.7 Å². The van der Waals surface area contributed by atoms with Gasteiger partial charge in [-0.05, 0) is 25.5 Å². The molecule has 1 aromatic carbocycles. The van der Waals surface area contributed by atoms with Crippen molar-refractivity contribution >= 4 is 0 Å². The van der Waals surface area contributed by atoms with E-state index in [4.69, 9.17) is 0 Å². The van der Waals surface area contributed by atoms with E-state index in [1.165, 1.54) is 6.42 Å². The van der Waals surface area contributed by atoms with Crippen molar-refractivity contribution in [1.82, 2.24) is 5.32 Å². The zero-order chi connectivity index (χ0) is 8.39. The Bertz CT molecular complexity index is 266. The third-order valence-electron chi connectivity index (χ3n) is 2.37. The quantitative estimate of drug-likeness (QED) is 0.661. The lowest BCUT2D eigenvalue weighted by Crippen LogP contribution is -2.12. The molecule has 1 aliphatic rings. The number of para-hydroxylation sites is 1. The van der Waals surface area contributed by atoms with Crippen LogP contribution in [0.25, 0.3) is 0 Å². The van der Waals surface area contributed by atoms with Crippen molar-refractivity contribution in [3.63, 3.8) is 0 Å². The van der Waals surface area contributed by atoms with E-state index in [1.54, 1.807) is 6.07 Å². The lowest BCUT2D eigenvalue weighted by molar-refractivity contribution is 0.457. The largest absolute Gasteiger partial charge is 0.508 e. The zero-order valence-electron chi connectivity index (χ0n) is 6.96. The third-order valence-corrected chi connectivity index (χ3v) is 2.37. The van der Waals surface area contributed by atoms with Crippen molar-refractivity contribution in [1.29, 1.82) is 0 Å². The highest BCUT2D eigenvalue weighted by molar-refractivity contribution is 5.34. The maximum Gasteiger partial charge on any atom is 0.120 e. The molecule has 2 nitrogen and oxygen atoms in total. The Kier molecular flexibility index (Phi) is 2.00. The highest BCUT2D eigenvalue weighted by Crippen LogP contribution is 2.29. The molecule has 1 saturated heterocycles. The van der Waals surface area contributed by atoms with Crippen molar-refractivity contribution in [3.05, 3.63) is 29.8 Å². The van der Waals surface area contributed by atoms with Crippen molar-refractivity contribution in [3.8, 4) is 5.75 Å². The van der Waals surface area contributed by atoms with E-state index in [-0.39, 0.29) is 0 Å². The van der Waals surface area contributed by atoms with Gasteiger partial charge in [-0.3, -0.25) is 0 Å². The second-order valence-electron chi connectivity index (χ2n) is 3.21. The first kappa shape index (κ1) is 7.62. The smallest absolute Gasteiger partial charge is 0.120 e. The van der Waals surface area contributed by atoms with Gasteiger partial charge in [-0.1, -0.05) is 18.2 Å². The molecule has 12 heavy (non-hydrogen) atoms. The normalized spacial score (nSPS) is 22.8. The van der Waals surface area contributed by atoms with E-state index in [1.807, 2.05) is 18.2 Å². The van der Waals surface area contributed by atoms with Crippen molar-refractivity contribution < 1.29 is 5.11 Å². The summed E-state index contributed by atoms with van der Waals surface area (Å²) in [6.45, 7) is 1.07. The minimum atomic E-state index is 0.367. The molecular formula is C10H13NO. The standard InChI is InChI=1S/C10H13NO/c12-10-6-2-1-4-8(10)9-5-3-7-11-9/h1-2,4,6,9,11-12H,3,5,7H2/t9-/m1/s1. The van der Waals surface area contributed by atoms with E-state index >= 15 is 0 Å². The summed E-state index contributed by atoms with van der Waals surface area (Å²) >= 11 is 0. The minimum absolute atomic E-state index is 0.367. The first-order valence-electron chi connectivity index (χ1n) is 4.39. The second-order valence-corrected chi connectivity index (χ2v) is 3.21. The van der Waals surface area contributed by atoms with Gasteiger partial charge in [0.1, 0.15) is 5.75 Å². The molecule has 2 rings (SSSR count). The average molecular weight is 163 g/mol. The number of aromatic hydroxyl groups is 1. The van der Waals surface area contributed by atoms with Crippen LogP contribution in [0.5, 0.6) is 5.75 Å². The summed E-state index contributed by atoms with van der Waals surface area (Å²) in [4.78, 5) is 0. The molecule has 0 saturated carbocycles. The Morgan fingerprint density at radius 1 is 1.33 bits per heavy atom. The van der Waals surface area contributed by atoms with Crippen LogP contribution in [0.4, 0.5) is 0 Å². The predicted octanol–water partition coefficient (Wildman–Crippen LogP) is 1.82. The molecule has 2 heteroatoms. The maximum absolute atomic E-state index is 9.53. The van der Waals surface area contributed by atoms with Gasteiger partial charge in [0.2, 0.25) is 0 Å². The van der Waals surface area contributed by atoms with Crippen molar-refractivity contribution in [2.45, 2.75) is 18.9 Å². The summed E-state index contributed by atoms with van der Waals surface area (Å²) in [7, 11) is 0. The molecule has 1 aromatic rings. The number of rotatable bonds is 1. The molecule has 1 heterocycles. The van der Waals surface area contributed by atoms with Crippen LogP contribution in [0.3, 0.4) is 0 Å². The Labute approximate surface area is 72.2 Å². The zero-order valence-corrected chi connectivity index (χ0v) is 6.96. The summed E-state index contributed by atoms with van der Waals surface area (Å²) in [5.41, 5.74) is 1.04. The monoisotopic (exact) mass is 163 g/mol. The molecular weight excluding hydrogens is 150 g/mol. The third kappa shape index (κ3) is 1.30. The summed E-state index contributed by atoms with van der Waals surface area (Å²) < 4.78 is 0. The van der Waals surface area contributed by atoms with Gasteiger partial charge >= 0.3 is 0 Å². The first-order valence-corrected chi connectivity index (χ1v) is 4.39. The average Bonchev–Trinajstić information content (AvgIpc) is 2.57. The van der Waals surface area contributed by atoms with Crippen molar-refractivity contribution in [2.24, 2.45) is 0 Å². The lowest BCUT2D eigenvalue weighted by Gasteiger charge is -2.11. The SMILES string of the molecule is Oc1ccccc1[C@H]1CCCN1. The summed E-state index contributed by atoms with van der Waals surface area (Å²) in [6.07, 6.45) is 2.34. The topological polar surface area (TPSA) is 32.3 Å². The van der Waals surface area contributed by atoms with Gasteiger partial charge in [-0.15, -0.1) is 0 Å². The number of phenolic OH excluding ortho intramolecular Hbond substituents is 1. The Balaban J connectivity index is 2.26. The molecule has 0 unspecified atom stereocenters. The second kappa shape index (κ2) is 3.15. The molecule has 1 fully saturated rings. The Hall–Kier alpha value is -1.02. The van der Waals surface area contributed by atoms with Gasteiger partial charge in [-0.2, -0.15) is 0 Å². The molecule has 1 atom stereocenters. The van der Waals surface area contributed by atoms with Crippen LogP contribution in [0, 0.1) is 0 Å². The lowest BCUT2D eigenvalue weighted by atomic mass is 10.0. The number of hydrogen-bond donors (Lipinski definition) is 2. The fourth-order valence-corrected chi connectivity index (χ4v) is 1.73. The van der Waals surface area contributed by atoms with E-state index in [9.17, 15) is 5.11 Å². The molecule has 64 valence electrons. The molecule has 2 N–H and O–H groups in total. The fraction of sp³-hybridized carbons (Fsp3) is 0.400. The Morgan fingerprint density at radius 2 is 2.17 bits per heavy atom. The van der Waals surface area contributed by atoms with Gasteiger partial charge in [-0.25, -0.2) is 0 Å². The maximum atomic E-state index is 9.53. The molecule has 1 aliphatic heterocycles. The van der Waals surface area contributed by atoms with Crippen molar-refractivity contribution in [2.75, 3.05) is 6.54 Å². The van der Waals surface area contributed by atoms with Crippen LogP contribution in [0.1, 0.15) is 24.4 Å². The van der Waals surface area contributed by atoms with Crippen LogP contribution in [-0.2, 0) is 0 Å². The van der Waals surface area contributed by atoms with Gasteiger partial charge in [0, 0.05) is 11.6 Å². The number of hydrogen-bond acceptors (Lipinski definition) is 2. The van der Waals surface area contributed by atoms with Gasteiger partial charge in [0.25, 0.3) is 0 Å².